The first kappa shape index (κ1) is 18.1. The van der Waals surface area contributed by atoms with E-state index in [1.807, 2.05) is 0 Å². The SMILES string of the molecule is CNC(=O)c1cc(S(=O)(=O)N[C@H](c2cnn(C)c2)C2CC(O)C2)cs1. The van der Waals surface area contributed by atoms with Gasteiger partial charge in [0.2, 0.25) is 10.0 Å². The van der Waals surface area contributed by atoms with Gasteiger partial charge in [0.1, 0.15) is 0 Å². The van der Waals surface area contributed by atoms with Gasteiger partial charge in [0.25, 0.3) is 5.91 Å². The molecule has 0 bridgehead atoms. The molecule has 1 amide bonds. The van der Waals surface area contributed by atoms with Gasteiger partial charge in [-0.3, -0.25) is 9.48 Å². The number of aliphatic hydroxyl groups excluding tert-OH is 1. The minimum Gasteiger partial charge on any atom is -0.393 e. The number of aliphatic hydroxyl groups is 1. The van der Waals surface area contributed by atoms with Gasteiger partial charge in [-0.15, -0.1) is 11.3 Å². The van der Waals surface area contributed by atoms with E-state index in [0.29, 0.717) is 17.7 Å². The second-order valence-electron chi connectivity index (χ2n) is 6.16. The Morgan fingerprint density at radius 3 is 2.76 bits per heavy atom. The van der Waals surface area contributed by atoms with E-state index < -0.39 is 22.2 Å². The van der Waals surface area contributed by atoms with Crippen molar-refractivity contribution in [3.63, 3.8) is 0 Å². The molecule has 1 aliphatic rings. The first-order valence-corrected chi connectivity index (χ1v) is 10.2. The van der Waals surface area contributed by atoms with Crippen molar-refractivity contribution in [1.29, 1.82) is 0 Å². The molecule has 10 heteroatoms. The number of sulfonamides is 1. The van der Waals surface area contributed by atoms with Crippen LogP contribution in [0.2, 0.25) is 0 Å². The van der Waals surface area contributed by atoms with Crippen molar-refractivity contribution in [3.05, 3.63) is 34.3 Å². The van der Waals surface area contributed by atoms with Crippen molar-refractivity contribution in [3.8, 4) is 0 Å². The molecule has 0 aromatic carbocycles. The molecule has 0 radical (unpaired) electrons. The third-order valence-corrected chi connectivity index (χ3v) is 6.82. The lowest BCUT2D eigenvalue weighted by molar-refractivity contribution is 0.0280. The maximum atomic E-state index is 12.7. The highest BCUT2D eigenvalue weighted by molar-refractivity contribution is 7.89. The number of aryl methyl sites for hydroxylation is 1. The monoisotopic (exact) mass is 384 g/mol. The van der Waals surface area contributed by atoms with Crippen LogP contribution in [0.5, 0.6) is 0 Å². The lowest BCUT2D eigenvalue weighted by Crippen LogP contribution is -2.41. The van der Waals surface area contributed by atoms with Crippen molar-refractivity contribution < 1.29 is 18.3 Å². The predicted molar refractivity (Wildman–Crippen MR) is 92.7 cm³/mol. The highest BCUT2D eigenvalue weighted by atomic mass is 32.2. The third kappa shape index (κ3) is 3.76. The summed E-state index contributed by atoms with van der Waals surface area (Å²) in [5, 5.41) is 17.6. The van der Waals surface area contributed by atoms with Crippen molar-refractivity contribution in [2.45, 2.75) is 29.9 Å². The molecule has 1 fully saturated rings. The summed E-state index contributed by atoms with van der Waals surface area (Å²) in [4.78, 5) is 12.0. The average Bonchev–Trinajstić information content (AvgIpc) is 3.18. The van der Waals surface area contributed by atoms with Gasteiger partial charge in [-0.25, -0.2) is 13.1 Å². The van der Waals surface area contributed by atoms with Gasteiger partial charge in [-0.2, -0.15) is 5.10 Å². The number of thiophene rings is 1. The van der Waals surface area contributed by atoms with Crippen LogP contribution in [0.1, 0.15) is 34.1 Å². The first-order valence-electron chi connectivity index (χ1n) is 7.79. The number of nitrogens with one attached hydrogen (secondary N) is 2. The normalized spacial score (nSPS) is 21.6. The Morgan fingerprint density at radius 1 is 1.48 bits per heavy atom. The van der Waals surface area contributed by atoms with E-state index in [4.69, 9.17) is 0 Å². The molecule has 0 aliphatic heterocycles. The highest BCUT2D eigenvalue weighted by Gasteiger charge is 2.38. The van der Waals surface area contributed by atoms with Gasteiger partial charge in [0.15, 0.2) is 0 Å². The molecule has 2 aromatic rings. The number of amides is 1. The second-order valence-corrected chi connectivity index (χ2v) is 8.78. The van der Waals surface area contributed by atoms with E-state index in [1.165, 1.54) is 18.5 Å². The fourth-order valence-corrected chi connectivity index (χ4v) is 5.39. The lowest BCUT2D eigenvalue weighted by atomic mass is 9.76. The predicted octanol–water partition coefficient (Wildman–Crippen LogP) is 0.632. The zero-order valence-corrected chi connectivity index (χ0v) is 15.5. The number of hydrogen-bond donors (Lipinski definition) is 3. The van der Waals surface area contributed by atoms with Gasteiger partial charge in [0, 0.05) is 31.2 Å². The van der Waals surface area contributed by atoms with Crippen LogP contribution in [0.15, 0.2) is 28.7 Å². The molecule has 136 valence electrons. The molecule has 0 unspecified atom stereocenters. The minimum absolute atomic E-state index is 0.00558. The van der Waals surface area contributed by atoms with Crippen LogP contribution in [-0.2, 0) is 17.1 Å². The van der Waals surface area contributed by atoms with Crippen molar-refractivity contribution in [1.82, 2.24) is 19.8 Å². The third-order valence-electron chi connectivity index (χ3n) is 4.32. The zero-order valence-electron chi connectivity index (χ0n) is 13.8. The Labute approximate surface area is 149 Å². The van der Waals surface area contributed by atoms with Crippen molar-refractivity contribution in [2.75, 3.05) is 7.05 Å². The Kier molecular flexibility index (Phi) is 4.96. The first-order chi connectivity index (χ1) is 11.8. The largest absolute Gasteiger partial charge is 0.393 e. The van der Waals surface area contributed by atoms with Crippen molar-refractivity contribution in [2.24, 2.45) is 13.0 Å². The summed E-state index contributed by atoms with van der Waals surface area (Å²) in [6, 6.07) is 0.896. The zero-order chi connectivity index (χ0) is 18.2. The maximum absolute atomic E-state index is 12.7. The van der Waals surface area contributed by atoms with E-state index in [9.17, 15) is 18.3 Å². The Hall–Kier alpha value is -1.75. The summed E-state index contributed by atoms with van der Waals surface area (Å²) < 4.78 is 29.8. The van der Waals surface area contributed by atoms with Crippen LogP contribution in [0.4, 0.5) is 0 Å². The van der Waals surface area contributed by atoms with Crippen LogP contribution in [0.3, 0.4) is 0 Å². The number of carbonyl (C=O) groups is 1. The van der Waals surface area contributed by atoms with E-state index in [0.717, 1.165) is 16.9 Å². The number of aromatic nitrogens is 2. The number of hydrogen-bond acceptors (Lipinski definition) is 6. The molecule has 8 nitrogen and oxygen atoms in total. The molecule has 1 atom stereocenters. The van der Waals surface area contributed by atoms with Crippen LogP contribution in [-0.4, -0.2) is 42.4 Å². The molecule has 3 rings (SSSR count). The van der Waals surface area contributed by atoms with Crippen LogP contribution >= 0.6 is 11.3 Å². The standard InChI is InChI=1S/C15H20N4O4S2/c1-16-15(21)13-5-12(8-24-13)25(22,23)18-14(9-3-11(20)4-9)10-6-17-19(2)7-10/h5-9,11,14,18,20H,3-4H2,1-2H3,(H,16,21)/t9?,11?,14-/m0/s1. The minimum atomic E-state index is -3.80. The highest BCUT2D eigenvalue weighted by Crippen LogP contribution is 2.39. The maximum Gasteiger partial charge on any atom is 0.261 e. The summed E-state index contributed by atoms with van der Waals surface area (Å²) in [5.74, 6) is -0.316. The smallest absolute Gasteiger partial charge is 0.261 e. The summed E-state index contributed by atoms with van der Waals surface area (Å²) in [5.41, 5.74) is 0.754. The van der Waals surface area contributed by atoms with Gasteiger partial charge < -0.3 is 10.4 Å². The molecular formula is C15H20N4O4S2. The topological polar surface area (TPSA) is 113 Å². The molecule has 0 spiro atoms. The molecule has 0 saturated heterocycles. The van der Waals surface area contributed by atoms with Crippen LogP contribution in [0, 0.1) is 5.92 Å². The second kappa shape index (κ2) is 6.87. The van der Waals surface area contributed by atoms with Gasteiger partial charge in [-0.05, 0) is 24.8 Å². The summed E-state index contributed by atoms with van der Waals surface area (Å²) in [6.45, 7) is 0. The van der Waals surface area contributed by atoms with Crippen LogP contribution in [0.25, 0.3) is 0 Å². The summed E-state index contributed by atoms with van der Waals surface area (Å²) >= 11 is 1.08. The molecule has 2 aromatic heterocycles. The van der Waals surface area contributed by atoms with E-state index in [2.05, 4.69) is 15.1 Å². The van der Waals surface area contributed by atoms with Crippen molar-refractivity contribution >= 4 is 27.3 Å². The quantitative estimate of drug-likeness (QED) is 0.676. The summed E-state index contributed by atoms with van der Waals surface area (Å²) in [7, 11) is -0.538. The van der Waals surface area contributed by atoms with Gasteiger partial charge >= 0.3 is 0 Å². The molecule has 1 aliphatic carbocycles. The van der Waals surface area contributed by atoms with E-state index >= 15 is 0 Å². The molecule has 25 heavy (non-hydrogen) atoms. The van der Waals surface area contributed by atoms with Gasteiger partial charge in [0.05, 0.1) is 28.1 Å². The Bertz CT molecular complexity index is 868. The molecule has 1 saturated carbocycles. The number of rotatable bonds is 6. The Morgan fingerprint density at radius 2 is 2.20 bits per heavy atom. The van der Waals surface area contributed by atoms with Gasteiger partial charge in [-0.1, -0.05) is 0 Å². The van der Waals surface area contributed by atoms with E-state index in [1.54, 1.807) is 24.1 Å². The lowest BCUT2D eigenvalue weighted by Gasteiger charge is -2.37. The fourth-order valence-electron chi connectivity index (χ4n) is 2.88. The van der Waals surface area contributed by atoms with Crippen LogP contribution < -0.4 is 10.0 Å². The summed E-state index contributed by atoms with van der Waals surface area (Å²) in [6.07, 6.45) is 4.07. The number of carbonyl (C=O) groups excluding carboxylic acids is 1. The average molecular weight is 384 g/mol. The molecular weight excluding hydrogens is 364 g/mol. The number of nitrogens with zero attached hydrogens (tertiary/aromatic N) is 2. The van der Waals surface area contributed by atoms with E-state index in [-0.39, 0.29) is 16.7 Å². The Balaban J connectivity index is 1.85. The molecule has 2 heterocycles. The fraction of sp³-hybridized carbons (Fsp3) is 0.467. The molecule has 3 N–H and O–H groups in total.